The molecule has 0 aliphatic rings. The summed E-state index contributed by atoms with van der Waals surface area (Å²) in [6.07, 6.45) is 0.309. The van der Waals surface area contributed by atoms with Crippen molar-refractivity contribution in [1.29, 1.82) is 0 Å². The predicted octanol–water partition coefficient (Wildman–Crippen LogP) is 2.48. The van der Waals surface area contributed by atoms with Crippen molar-refractivity contribution in [3.63, 3.8) is 0 Å². The predicted molar refractivity (Wildman–Crippen MR) is 78.8 cm³/mol. The molecule has 0 aromatic carbocycles. The van der Waals surface area contributed by atoms with Crippen LogP contribution in [0, 0.1) is 10.8 Å². The molecule has 0 aromatic rings. The number of hydrogen-bond acceptors (Lipinski definition) is 2. The van der Waals surface area contributed by atoms with E-state index >= 15 is 0 Å². The molecule has 4 heteroatoms. The number of hydrogen-bond donors (Lipinski definition) is 2. The van der Waals surface area contributed by atoms with E-state index in [4.69, 9.17) is 0 Å². The van der Waals surface area contributed by atoms with E-state index in [1.807, 2.05) is 55.4 Å². The molecule has 19 heavy (non-hydrogen) atoms. The minimum absolute atomic E-state index is 0.0106. The van der Waals surface area contributed by atoms with Crippen LogP contribution in [0.15, 0.2) is 0 Å². The molecule has 0 spiro atoms. The lowest BCUT2D eigenvalue weighted by atomic mass is 9.69. The summed E-state index contributed by atoms with van der Waals surface area (Å²) in [5, 5.41) is 5.72. The van der Waals surface area contributed by atoms with Crippen LogP contribution in [0.4, 0.5) is 0 Å². The van der Waals surface area contributed by atoms with Gasteiger partial charge >= 0.3 is 0 Å². The van der Waals surface area contributed by atoms with E-state index < -0.39 is 5.41 Å². The summed E-state index contributed by atoms with van der Waals surface area (Å²) in [7, 11) is 0. The molecule has 2 amide bonds. The molecular weight excluding hydrogens is 240 g/mol. The number of carbonyl (C=O) groups excluding carboxylic acids is 2. The summed E-state index contributed by atoms with van der Waals surface area (Å²) in [6.45, 7) is 16.2. The molecule has 0 fully saturated rings. The molecular formula is C15H30N2O2. The number of carbonyl (C=O) groups is 2. The molecule has 0 atom stereocenters. The molecule has 0 aliphatic heterocycles. The summed E-state index contributed by atoms with van der Waals surface area (Å²) >= 11 is 0. The summed E-state index contributed by atoms with van der Waals surface area (Å²) < 4.78 is 0. The van der Waals surface area contributed by atoms with Crippen molar-refractivity contribution < 1.29 is 9.59 Å². The monoisotopic (exact) mass is 270 g/mol. The van der Waals surface area contributed by atoms with Crippen LogP contribution in [0.2, 0.25) is 0 Å². The summed E-state index contributed by atoms with van der Waals surface area (Å²) in [6, 6.07) is 0. The van der Waals surface area contributed by atoms with Crippen molar-refractivity contribution in [2.75, 3.05) is 6.54 Å². The molecule has 0 saturated heterocycles. The largest absolute Gasteiger partial charge is 0.355 e. The van der Waals surface area contributed by atoms with Crippen LogP contribution in [0.25, 0.3) is 0 Å². The lowest BCUT2D eigenvalue weighted by Gasteiger charge is -2.37. The molecule has 0 rings (SSSR count). The first-order chi connectivity index (χ1) is 8.27. The summed E-state index contributed by atoms with van der Waals surface area (Å²) in [5.74, 6) is -0.0510. The van der Waals surface area contributed by atoms with Gasteiger partial charge in [-0.05, 0) is 26.2 Å². The Balaban J connectivity index is 4.23. The van der Waals surface area contributed by atoms with Crippen LogP contribution < -0.4 is 10.6 Å². The van der Waals surface area contributed by atoms with Crippen molar-refractivity contribution in [1.82, 2.24) is 10.6 Å². The standard InChI is InChI=1S/C15H30N2O2/c1-13(2,3)15(7,8)12(19)16-10-9-11(18)17-14(4,5)6/h9-10H2,1-8H3,(H,16,19)(H,17,18). The average molecular weight is 270 g/mol. The highest BCUT2D eigenvalue weighted by atomic mass is 16.2. The molecule has 0 bridgehead atoms. The molecule has 0 aliphatic carbocycles. The normalized spacial score (nSPS) is 13.1. The van der Waals surface area contributed by atoms with Crippen molar-refractivity contribution in [2.24, 2.45) is 10.8 Å². The van der Waals surface area contributed by atoms with E-state index in [2.05, 4.69) is 10.6 Å². The minimum Gasteiger partial charge on any atom is -0.355 e. The third kappa shape index (κ3) is 6.08. The Morgan fingerprint density at radius 1 is 0.895 bits per heavy atom. The highest BCUT2D eigenvalue weighted by Crippen LogP contribution is 2.37. The van der Waals surface area contributed by atoms with E-state index in [0.29, 0.717) is 13.0 Å². The SMILES string of the molecule is CC(C)(C)NC(=O)CCNC(=O)C(C)(C)C(C)(C)C. The van der Waals surface area contributed by atoms with Gasteiger partial charge in [-0.3, -0.25) is 9.59 Å². The maximum atomic E-state index is 12.1. The Bertz CT molecular complexity index is 333. The number of rotatable bonds is 4. The molecule has 0 radical (unpaired) electrons. The second kappa shape index (κ2) is 5.93. The molecule has 0 aromatic heterocycles. The second-order valence-electron chi connectivity index (χ2n) is 7.68. The lowest BCUT2D eigenvalue weighted by molar-refractivity contribution is -0.134. The zero-order valence-electron chi connectivity index (χ0n) is 13.7. The van der Waals surface area contributed by atoms with Gasteiger partial charge in [0.15, 0.2) is 0 Å². The maximum Gasteiger partial charge on any atom is 0.226 e. The van der Waals surface area contributed by atoms with E-state index in [1.165, 1.54) is 0 Å². The van der Waals surface area contributed by atoms with Crippen LogP contribution >= 0.6 is 0 Å². The fourth-order valence-corrected chi connectivity index (χ4v) is 1.33. The Kier molecular flexibility index (Phi) is 5.60. The third-order valence-corrected chi connectivity index (χ3v) is 3.59. The number of amides is 2. The number of nitrogens with one attached hydrogen (secondary N) is 2. The van der Waals surface area contributed by atoms with Crippen LogP contribution in [-0.4, -0.2) is 23.9 Å². The van der Waals surface area contributed by atoms with E-state index in [1.54, 1.807) is 0 Å². The third-order valence-electron chi connectivity index (χ3n) is 3.59. The van der Waals surface area contributed by atoms with Crippen LogP contribution in [-0.2, 0) is 9.59 Å². The van der Waals surface area contributed by atoms with Gasteiger partial charge in [-0.1, -0.05) is 34.6 Å². The van der Waals surface area contributed by atoms with Crippen LogP contribution in [0.1, 0.15) is 61.8 Å². The van der Waals surface area contributed by atoms with Crippen molar-refractivity contribution >= 4 is 11.8 Å². The minimum atomic E-state index is -0.465. The van der Waals surface area contributed by atoms with E-state index in [9.17, 15) is 9.59 Å². The van der Waals surface area contributed by atoms with Gasteiger partial charge in [-0.25, -0.2) is 0 Å². The van der Waals surface area contributed by atoms with Gasteiger partial charge in [0, 0.05) is 23.9 Å². The van der Waals surface area contributed by atoms with E-state index in [-0.39, 0.29) is 22.8 Å². The van der Waals surface area contributed by atoms with Crippen LogP contribution in [0.3, 0.4) is 0 Å². The Morgan fingerprint density at radius 3 is 1.74 bits per heavy atom. The molecule has 2 N–H and O–H groups in total. The summed E-state index contributed by atoms with van der Waals surface area (Å²) in [4.78, 5) is 23.8. The zero-order chi connectivity index (χ0) is 15.5. The maximum absolute atomic E-state index is 12.1. The van der Waals surface area contributed by atoms with Crippen molar-refractivity contribution in [3.8, 4) is 0 Å². The zero-order valence-corrected chi connectivity index (χ0v) is 13.7. The Morgan fingerprint density at radius 2 is 1.37 bits per heavy atom. The van der Waals surface area contributed by atoms with Gasteiger partial charge in [0.05, 0.1) is 0 Å². The van der Waals surface area contributed by atoms with Crippen molar-refractivity contribution in [2.45, 2.75) is 67.3 Å². The van der Waals surface area contributed by atoms with E-state index in [0.717, 1.165) is 0 Å². The lowest BCUT2D eigenvalue weighted by Crippen LogP contribution is -2.46. The Hall–Kier alpha value is -1.06. The van der Waals surface area contributed by atoms with Gasteiger partial charge < -0.3 is 10.6 Å². The quantitative estimate of drug-likeness (QED) is 0.824. The van der Waals surface area contributed by atoms with Crippen molar-refractivity contribution in [3.05, 3.63) is 0 Å². The second-order valence-corrected chi connectivity index (χ2v) is 7.68. The fourth-order valence-electron chi connectivity index (χ4n) is 1.33. The van der Waals surface area contributed by atoms with Gasteiger partial charge in [-0.2, -0.15) is 0 Å². The first-order valence-corrected chi connectivity index (χ1v) is 6.87. The highest BCUT2D eigenvalue weighted by molar-refractivity contribution is 5.83. The fraction of sp³-hybridized carbons (Fsp3) is 0.867. The molecule has 0 heterocycles. The molecule has 112 valence electrons. The first-order valence-electron chi connectivity index (χ1n) is 6.87. The Labute approximate surface area is 117 Å². The van der Waals surface area contributed by atoms with Gasteiger partial charge in [0.25, 0.3) is 0 Å². The van der Waals surface area contributed by atoms with Gasteiger partial charge in [-0.15, -0.1) is 0 Å². The van der Waals surface area contributed by atoms with Gasteiger partial charge in [0.1, 0.15) is 0 Å². The smallest absolute Gasteiger partial charge is 0.226 e. The van der Waals surface area contributed by atoms with Gasteiger partial charge in [0.2, 0.25) is 11.8 Å². The van der Waals surface area contributed by atoms with Crippen LogP contribution in [0.5, 0.6) is 0 Å². The molecule has 4 nitrogen and oxygen atoms in total. The summed E-state index contributed by atoms with van der Waals surface area (Å²) in [5.41, 5.74) is -0.815. The topological polar surface area (TPSA) is 58.2 Å². The average Bonchev–Trinajstić information content (AvgIpc) is 2.12. The molecule has 0 saturated carbocycles. The highest BCUT2D eigenvalue weighted by Gasteiger charge is 2.39. The molecule has 0 unspecified atom stereocenters. The first kappa shape index (κ1) is 17.9.